The number of rotatable bonds is 5. The number of halogens is 1. The number of hydrogen-bond donors (Lipinski definition) is 3. The van der Waals surface area contributed by atoms with Gasteiger partial charge in [-0.1, -0.05) is 17.7 Å². The summed E-state index contributed by atoms with van der Waals surface area (Å²) < 4.78 is 4.71. The number of carbonyl (C=O) groups is 2. The Kier molecular flexibility index (Phi) is 5.25. The van der Waals surface area contributed by atoms with Crippen molar-refractivity contribution in [3.05, 3.63) is 40.4 Å². The Labute approximate surface area is 138 Å². The topological polar surface area (TPSA) is 75.6 Å². The van der Waals surface area contributed by atoms with Gasteiger partial charge in [0.15, 0.2) is 5.70 Å². The van der Waals surface area contributed by atoms with Crippen LogP contribution in [0.5, 0.6) is 0 Å². The molecule has 0 bridgehead atoms. The molecular formula is C14H16ClN2O4S+. The quantitative estimate of drug-likeness (QED) is 0.434. The van der Waals surface area contributed by atoms with E-state index < -0.39 is 15.8 Å². The lowest BCUT2D eigenvalue weighted by atomic mass is 10.0. The van der Waals surface area contributed by atoms with E-state index in [-0.39, 0.29) is 19.9 Å². The van der Waals surface area contributed by atoms with Gasteiger partial charge < -0.3 is 9.84 Å². The van der Waals surface area contributed by atoms with Gasteiger partial charge in [0.25, 0.3) is 5.91 Å². The van der Waals surface area contributed by atoms with Crippen LogP contribution in [0.15, 0.2) is 29.8 Å². The molecule has 1 heterocycles. The van der Waals surface area contributed by atoms with Gasteiger partial charge in [0.1, 0.15) is 0 Å². The fourth-order valence-electron chi connectivity index (χ4n) is 2.22. The van der Waals surface area contributed by atoms with Crippen molar-refractivity contribution < 1.29 is 23.3 Å². The van der Waals surface area contributed by atoms with E-state index in [0.29, 0.717) is 21.9 Å². The second-order valence-electron chi connectivity index (χ2n) is 4.77. The van der Waals surface area contributed by atoms with Crippen LogP contribution < -0.4 is 5.32 Å². The van der Waals surface area contributed by atoms with Gasteiger partial charge in [0.2, 0.25) is 6.73 Å². The fourth-order valence-corrected chi connectivity index (χ4v) is 2.81. The number of ether oxygens (including phenoxy) is 1. The number of imide groups is 1. The van der Waals surface area contributed by atoms with Crippen LogP contribution in [0.3, 0.4) is 0 Å². The van der Waals surface area contributed by atoms with Crippen LogP contribution in [0.25, 0.3) is 5.70 Å². The zero-order valence-corrected chi connectivity index (χ0v) is 13.5. The zero-order chi connectivity index (χ0) is 16.3. The van der Waals surface area contributed by atoms with E-state index in [4.69, 9.17) is 21.4 Å². The molecule has 0 aliphatic carbocycles. The SMILES string of the molecule is CC1=C(c2cccc(Cl)c2)[N+](S)(COCCO)C(=O)NC1=O. The molecule has 2 rings (SSSR count). The molecule has 1 unspecified atom stereocenters. The monoisotopic (exact) mass is 343 g/mol. The summed E-state index contributed by atoms with van der Waals surface area (Å²) in [6.07, 6.45) is 0. The number of amides is 3. The standard InChI is InChI=1S/C14H15ClN2O4S/c1-9-12(10-3-2-4-11(15)7-10)17(22,8-21-6-5-18)14(20)16-13(9)19/h2-4,7,18,22H,5-6,8H2,1H3/p+1. The van der Waals surface area contributed by atoms with Crippen molar-refractivity contribution in [3.8, 4) is 0 Å². The van der Waals surface area contributed by atoms with E-state index in [2.05, 4.69) is 18.1 Å². The Morgan fingerprint density at radius 1 is 1.41 bits per heavy atom. The Hall–Kier alpha value is -1.38. The van der Waals surface area contributed by atoms with Gasteiger partial charge in [-0.2, -0.15) is 0 Å². The maximum absolute atomic E-state index is 12.3. The predicted molar refractivity (Wildman–Crippen MR) is 84.7 cm³/mol. The highest BCUT2D eigenvalue weighted by atomic mass is 35.5. The molecule has 0 aromatic heterocycles. The summed E-state index contributed by atoms with van der Waals surface area (Å²) in [5.74, 6) is -0.482. The molecule has 0 fully saturated rings. The van der Waals surface area contributed by atoms with Crippen molar-refractivity contribution in [2.45, 2.75) is 6.92 Å². The highest BCUT2D eigenvalue weighted by molar-refractivity contribution is 7.74. The summed E-state index contributed by atoms with van der Waals surface area (Å²) in [5.41, 5.74) is 1.36. The summed E-state index contributed by atoms with van der Waals surface area (Å²) >= 11 is 10.4. The molecule has 1 aliphatic heterocycles. The van der Waals surface area contributed by atoms with Gasteiger partial charge in [-0.3, -0.25) is 4.79 Å². The van der Waals surface area contributed by atoms with Crippen LogP contribution in [0.2, 0.25) is 5.02 Å². The summed E-state index contributed by atoms with van der Waals surface area (Å²) in [4.78, 5) is 24.2. The van der Waals surface area contributed by atoms with Crippen molar-refractivity contribution >= 4 is 42.1 Å². The molecule has 8 heteroatoms. The van der Waals surface area contributed by atoms with Crippen molar-refractivity contribution in [2.75, 3.05) is 19.9 Å². The molecule has 6 nitrogen and oxygen atoms in total. The Morgan fingerprint density at radius 2 is 2.14 bits per heavy atom. The molecule has 0 radical (unpaired) electrons. The molecular weight excluding hydrogens is 328 g/mol. The van der Waals surface area contributed by atoms with Gasteiger partial charge in [-0.25, -0.2) is 10.1 Å². The normalized spacial score (nSPS) is 22.0. The van der Waals surface area contributed by atoms with Gasteiger partial charge >= 0.3 is 6.03 Å². The fraction of sp³-hybridized carbons (Fsp3) is 0.286. The number of hydrogen-bond acceptors (Lipinski definition) is 5. The Balaban J connectivity index is 2.53. The molecule has 1 atom stereocenters. The minimum absolute atomic E-state index is 0.0592. The van der Waals surface area contributed by atoms with Gasteiger partial charge in [-0.05, 0) is 25.1 Å². The first-order valence-electron chi connectivity index (χ1n) is 6.53. The number of nitrogens with one attached hydrogen (secondary N) is 1. The van der Waals surface area contributed by atoms with Crippen LogP contribution in [0.1, 0.15) is 12.5 Å². The van der Waals surface area contributed by atoms with Gasteiger partial charge in [-0.15, -0.1) is 3.89 Å². The Morgan fingerprint density at radius 3 is 2.77 bits per heavy atom. The number of nitrogens with zero attached hydrogens (tertiary/aromatic N) is 1. The van der Waals surface area contributed by atoms with E-state index in [0.717, 1.165) is 0 Å². The van der Waals surface area contributed by atoms with Crippen LogP contribution in [0, 0.1) is 0 Å². The first-order valence-corrected chi connectivity index (χ1v) is 7.30. The second-order valence-corrected chi connectivity index (χ2v) is 5.89. The maximum atomic E-state index is 12.3. The molecule has 3 amide bonds. The number of aliphatic hydroxyl groups excluding tert-OH is 1. The van der Waals surface area contributed by atoms with E-state index in [9.17, 15) is 9.59 Å². The lowest BCUT2D eigenvalue weighted by Gasteiger charge is -2.33. The number of thiol groups is 1. The average Bonchev–Trinajstić information content (AvgIpc) is 2.46. The maximum Gasteiger partial charge on any atom is 0.442 e. The first-order chi connectivity index (χ1) is 10.4. The summed E-state index contributed by atoms with van der Waals surface area (Å²) in [6, 6.07) is 6.20. The third-order valence-electron chi connectivity index (χ3n) is 3.23. The van der Waals surface area contributed by atoms with Gasteiger partial charge in [0, 0.05) is 10.6 Å². The van der Waals surface area contributed by atoms with Crippen LogP contribution >= 0.6 is 24.4 Å². The minimum Gasteiger partial charge on any atom is -0.394 e. The van der Waals surface area contributed by atoms with E-state index in [1.807, 2.05) is 0 Å². The molecule has 0 spiro atoms. The smallest absolute Gasteiger partial charge is 0.394 e. The molecule has 1 aliphatic rings. The van der Waals surface area contributed by atoms with E-state index in [1.54, 1.807) is 31.2 Å². The number of aliphatic hydroxyl groups is 1. The summed E-state index contributed by atoms with van der Waals surface area (Å²) in [6.45, 7) is 1.35. The predicted octanol–water partition coefficient (Wildman–Crippen LogP) is 1.95. The Bertz CT molecular complexity index is 649. The lowest BCUT2D eigenvalue weighted by molar-refractivity contribution is -0.658. The lowest BCUT2D eigenvalue weighted by Crippen LogP contribution is -2.56. The minimum atomic E-state index is -0.619. The highest BCUT2D eigenvalue weighted by Crippen LogP contribution is 2.37. The van der Waals surface area contributed by atoms with Crippen LogP contribution in [-0.4, -0.2) is 40.9 Å². The van der Waals surface area contributed by atoms with Crippen molar-refractivity contribution in [2.24, 2.45) is 0 Å². The zero-order valence-electron chi connectivity index (χ0n) is 11.9. The average molecular weight is 344 g/mol. The van der Waals surface area contributed by atoms with Gasteiger partial charge in [0.05, 0.1) is 31.6 Å². The molecule has 1 aromatic carbocycles. The number of carbonyl (C=O) groups excluding carboxylic acids is 2. The van der Waals surface area contributed by atoms with Crippen molar-refractivity contribution in [1.29, 1.82) is 0 Å². The number of benzene rings is 1. The molecule has 118 valence electrons. The number of quaternary nitrogens is 1. The molecule has 2 N–H and O–H groups in total. The van der Waals surface area contributed by atoms with Crippen molar-refractivity contribution in [1.82, 2.24) is 5.32 Å². The molecule has 1 aromatic rings. The summed E-state index contributed by atoms with van der Waals surface area (Å²) in [5, 5.41) is 11.5. The molecule has 0 saturated carbocycles. The molecule has 22 heavy (non-hydrogen) atoms. The third kappa shape index (κ3) is 3.18. The second kappa shape index (κ2) is 6.80. The van der Waals surface area contributed by atoms with E-state index >= 15 is 0 Å². The van der Waals surface area contributed by atoms with Crippen LogP contribution in [-0.2, 0) is 9.53 Å². The first kappa shape index (κ1) is 17.0. The number of urea groups is 1. The largest absolute Gasteiger partial charge is 0.442 e. The summed E-state index contributed by atoms with van der Waals surface area (Å²) in [7, 11) is 0. The van der Waals surface area contributed by atoms with Crippen molar-refractivity contribution in [3.63, 3.8) is 0 Å². The van der Waals surface area contributed by atoms with Crippen LogP contribution in [0.4, 0.5) is 4.79 Å². The highest BCUT2D eigenvalue weighted by Gasteiger charge is 2.47. The third-order valence-corrected chi connectivity index (χ3v) is 3.97. The molecule has 0 saturated heterocycles. The van der Waals surface area contributed by atoms with E-state index in [1.165, 1.54) is 0 Å².